The molecule has 2 aromatic carbocycles. The Morgan fingerprint density at radius 2 is 1.92 bits per heavy atom. The first-order chi connectivity index (χ1) is 12.4. The number of amides is 1. The van der Waals surface area contributed by atoms with Crippen molar-refractivity contribution in [1.29, 1.82) is 0 Å². The number of hydrogen-bond donors (Lipinski definition) is 1. The number of rotatable bonds is 5. The second-order valence-corrected chi connectivity index (χ2v) is 6.83. The van der Waals surface area contributed by atoms with E-state index in [1.54, 1.807) is 7.11 Å². The maximum Gasteiger partial charge on any atom is 0.258 e. The van der Waals surface area contributed by atoms with Crippen molar-refractivity contribution in [2.45, 2.75) is 31.9 Å². The Hall–Kier alpha value is -2.76. The van der Waals surface area contributed by atoms with Crippen molar-refractivity contribution in [1.82, 2.24) is 5.32 Å². The zero-order valence-electron chi connectivity index (χ0n) is 15.0. The fourth-order valence-corrected chi connectivity index (χ4v) is 3.00. The van der Waals surface area contributed by atoms with Crippen LogP contribution in [0.1, 0.15) is 31.9 Å². The third-order valence-corrected chi connectivity index (χ3v) is 4.19. The molecule has 1 atom stereocenters. The molecule has 1 heterocycles. The van der Waals surface area contributed by atoms with Gasteiger partial charge in [-0.1, -0.05) is 0 Å². The molecule has 1 aliphatic heterocycles. The van der Waals surface area contributed by atoms with E-state index >= 15 is 0 Å². The lowest BCUT2D eigenvalue weighted by Gasteiger charge is -2.38. The summed E-state index contributed by atoms with van der Waals surface area (Å²) in [5, 5.41) is 2.99. The second kappa shape index (κ2) is 7.23. The van der Waals surface area contributed by atoms with Gasteiger partial charge in [0.15, 0.2) is 6.61 Å². The van der Waals surface area contributed by atoms with Gasteiger partial charge in [0.2, 0.25) is 0 Å². The highest BCUT2D eigenvalue weighted by Crippen LogP contribution is 2.41. The largest absolute Gasteiger partial charge is 0.497 e. The van der Waals surface area contributed by atoms with Crippen molar-refractivity contribution in [3.8, 4) is 17.2 Å². The molecule has 26 heavy (non-hydrogen) atoms. The van der Waals surface area contributed by atoms with E-state index in [0.29, 0.717) is 17.9 Å². The summed E-state index contributed by atoms with van der Waals surface area (Å²) >= 11 is 0. The Morgan fingerprint density at radius 1 is 1.23 bits per heavy atom. The van der Waals surface area contributed by atoms with Crippen molar-refractivity contribution in [3.05, 3.63) is 53.8 Å². The topological polar surface area (TPSA) is 56.8 Å². The number of methoxy groups -OCH3 is 1. The zero-order valence-corrected chi connectivity index (χ0v) is 15.0. The molecule has 0 fully saturated rings. The summed E-state index contributed by atoms with van der Waals surface area (Å²) in [6, 6.07) is 10.9. The van der Waals surface area contributed by atoms with E-state index in [9.17, 15) is 9.18 Å². The van der Waals surface area contributed by atoms with Gasteiger partial charge in [-0.15, -0.1) is 0 Å². The highest BCUT2D eigenvalue weighted by Gasteiger charge is 2.34. The fraction of sp³-hybridized carbons (Fsp3) is 0.350. The zero-order chi connectivity index (χ0) is 18.7. The van der Waals surface area contributed by atoms with E-state index in [2.05, 4.69) is 5.32 Å². The monoisotopic (exact) mass is 359 g/mol. The van der Waals surface area contributed by atoms with Crippen LogP contribution >= 0.6 is 0 Å². The van der Waals surface area contributed by atoms with Crippen molar-refractivity contribution in [3.63, 3.8) is 0 Å². The molecule has 0 aliphatic carbocycles. The van der Waals surface area contributed by atoms with E-state index in [4.69, 9.17) is 14.2 Å². The summed E-state index contributed by atoms with van der Waals surface area (Å²) in [6.07, 6.45) is 0.620. The molecular formula is C20H22FNO4. The number of halogens is 1. The summed E-state index contributed by atoms with van der Waals surface area (Å²) in [6.45, 7) is 3.81. The van der Waals surface area contributed by atoms with E-state index in [0.717, 1.165) is 11.3 Å². The third-order valence-electron chi connectivity index (χ3n) is 4.19. The van der Waals surface area contributed by atoms with Gasteiger partial charge in [-0.2, -0.15) is 0 Å². The van der Waals surface area contributed by atoms with Crippen molar-refractivity contribution >= 4 is 5.91 Å². The minimum Gasteiger partial charge on any atom is -0.497 e. The van der Waals surface area contributed by atoms with Gasteiger partial charge in [-0.25, -0.2) is 4.39 Å². The molecule has 1 aliphatic rings. The average Bonchev–Trinajstić information content (AvgIpc) is 2.60. The highest BCUT2D eigenvalue weighted by atomic mass is 19.1. The summed E-state index contributed by atoms with van der Waals surface area (Å²) in [4.78, 5) is 12.3. The van der Waals surface area contributed by atoms with Gasteiger partial charge in [0.25, 0.3) is 5.91 Å². The van der Waals surface area contributed by atoms with Crippen LogP contribution in [0.5, 0.6) is 17.2 Å². The first kappa shape index (κ1) is 18.0. The van der Waals surface area contributed by atoms with E-state index in [1.807, 2.05) is 32.0 Å². The molecular weight excluding hydrogens is 337 g/mol. The molecule has 1 N–H and O–H groups in total. The fourth-order valence-electron chi connectivity index (χ4n) is 3.00. The number of ether oxygens (including phenoxy) is 3. The van der Waals surface area contributed by atoms with Crippen LogP contribution in [0.4, 0.5) is 4.39 Å². The summed E-state index contributed by atoms with van der Waals surface area (Å²) in [5.41, 5.74) is 0.468. The van der Waals surface area contributed by atoms with Gasteiger partial charge in [-0.3, -0.25) is 4.79 Å². The van der Waals surface area contributed by atoms with Gasteiger partial charge < -0.3 is 19.5 Å². The quantitative estimate of drug-likeness (QED) is 0.886. The van der Waals surface area contributed by atoms with Crippen LogP contribution in [-0.4, -0.2) is 25.2 Å². The maximum atomic E-state index is 12.9. The van der Waals surface area contributed by atoms with E-state index < -0.39 is 5.60 Å². The molecule has 138 valence electrons. The van der Waals surface area contributed by atoms with Crippen LogP contribution in [0, 0.1) is 5.82 Å². The van der Waals surface area contributed by atoms with Gasteiger partial charge in [-0.05, 0) is 56.3 Å². The molecule has 1 amide bonds. The number of nitrogens with one attached hydrogen (secondary N) is 1. The van der Waals surface area contributed by atoms with Gasteiger partial charge in [0.05, 0.1) is 13.2 Å². The van der Waals surface area contributed by atoms with Gasteiger partial charge >= 0.3 is 0 Å². The van der Waals surface area contributed by atoms with Crippen LogP contribution < -0.4 is 19.5 Å². The number of carbonyl (C=O) groups excluding carboxylic acids is 1. The first-order valence-corrected chi connectivity index (χ1v) is 8.41. The van der Waals surface area contributed by atoms with Crippen molar-refractivity contribution in [2.75, 3.05) is 13.7 Å². The molecule has 6 heteroatoms. The van der Waals surface area contributed by atoms with Crippen molar-refractivity contribution < 1.29 is 23.4 Å². The Bertz CT molecular complexity index is 789. The van der Waals surface area contributed by atoms with E-state index in [-0.39, 0.29) is 24.4 Å². The number of fused-ring (bicyclic) bond motifs is 1. The Morgan fingerprint density at radius 3 is 2.62 bits per heavy atom. The summed E-state index contributed by atoms with van der Waals surface area (Å²) in [7, 11) is 1.60. The first-order valence-electron chi connectivity index (χ1n) is 8.41. The molecule has 3 rings (SSSR count). The average molecular weight is 359 g/mol. The van der Waals surface area contributed by atoms with Crippen molar-refractivity contribution in [2.24, 2.45) is 0 Å². The Kier molecular flexibility index (Phi) is 5.02. The molecule has 2 aromatic rings. The normalized spacial score (nSPS) is 17.6. The molecule has 0 radical (unpaired) electrons. The molecule has 0 bridgehead atoms. The predicted octanol–water partition coefficient (Wildman–Crippen LogP) is 3.63. The number of carbonyl (C=O) groups is 1. The molecule has 5 nitrogen and oxygen atoms in total. The Balaban J connectivity index is 1.70. The molecule has 0 spiro atoms. The smallest absolute Gasteiger partial charge is 0.258 e. The number of benzene rings is 2. The Labute approximate surface area is 152 Å². The molecule has 0 saturated carbocycles. The van der Waals surface area contributed by atoms with Crippen LogP contribution in [0.3, 0.4) is 0 Å². The van der Waals surface area contributed by atoms with E-state index in [1.165, 1.54) is 24.3 Å². The molecule has 0 aromatic heterocycles. The van der Waals surface area contributed by atoms with Gasteiger partial charge in [0.1, 0.15) is 28.7 Å². The molecule has 0 saturated heterocycles. The lowest BCUT2D eigenvalue weighted by Crippen LogP contribution is -2.42. The lowest BCUT2D eigenvalue weighted by molar-refractivity contribution is -0.124. The summed E-state index contributed by atoms with van der Waals surface area (Å²) < 4.78 is 29.6. The minimum atomic E-state index is -0.405. The lowest BCUT2D eigenvalue weighted by atomic mass is 9.89. The predicted molar refractivity (Wildman–Crippen MR) is 95.1 cm³/mol. The SMILES string of the molecule is COc1ccc2c(c1)C(NC(=O)COc1ccc(F)cc1)CC(C)(C)O2. The van der Waals surface area contributed by atoms with Crippen LogP contribution in [0.25, 0.3) is 0 Å². The second-order valence-electron chi connectivity index (χ2n) is 6.83. The van der Waals surface area contributed by atoms with Crippen LogP contribution in [-0.2, 0) is 4.79 Å². The number of hydrogen-bond acceptors (Lipinski definition) is 4. The molecule has 1 unspecified atom stereocenters. The van der Waals surface area contributed by atoms with Gasteiger partial charge in [0, 0.05) is 12.0 Å². The third kappa shape index (κ3) is 4.25. The highest BCUT2D eigenvalue weighted by molar-refractivity contribution is 5.78. The standard InChI is InChI=1S/C20H22FNO4/c1-20(2)11-17(16-10-15(24-3)8-9-18(16)26-20)22-19(23)12-25-14-6-4-13(21)5-7-14/h4-10,17H,11-12H2,1-3H3,(H,22,23). The van der Waals surface area contributed by atoms with Crippen LogP contribution in [0.15, 0.2) is 42.5 Å². The maximum absolute atomic E-state index is 12.9. The minimum absolute atomic E-state index is 0.150. The van der Waals surface area contributed by atoms with Crippen LogP contribution in [0.2, 0.25) is 0 Å². The summed E-state index contributed by atoms with van der Waals surface area (Å²) in [5.74, 6) is 1.26.